The van der Waals surface area contributed by atoms with Crippen molar-refractivity contribution in [3.05, 3.63) is 76.2 Å². The van der Waals surface area contributed by atoms with Gasteiger partial charge in [0.15, 0.2) is 9.84 Å². The van der Waals surface area contributed by atoms with Gasteiger partial charge in [-0.15, -0.1) is 11.3 Å². The van der Waals surface area contributed by atoms with Gasteiger partial charge >= 0.3 is 0 Å². The highest BCUT2D eigenvalue weighted by Gasteiger charge is 2.25. The number of sulfone groups is 1. The SMILES string of the molecule is CCC1=Cc2c(cnn2-c2ccc(F)cc2)C(C(=O)NC(CC)c2csc(S(C)(=O)=O)c2)=CC1. The largest absolute Gasteiger partial charge is 0.345 e. The van der Waals surface area contributed by atoms with Crippen molar-refractivity contribution in [2.24, 2.45) is 0 Å². The molecule has 0 saturated carbocycles. The molecule has 34 heavy (non-hydrogen) atoms. The molecule has 6 nitrogen and oxygen atoms in total. The summed E-state index contributed by atoms with van der Waals surface area (Å²) in [5.41, 5.74) is 4.60. The number of allylic oxidation sites excluding steroid dienone is 2. The van der Waals surface area contributed by atoms with Crippen molar-refractivity contribution in [3.8, 4) is 5.69 Å². The van der Waals surface area contributed by atoms with E-state index in [1.165, 1.54) is 18.4 Å². The zero-order valence-electron chi connectivity index (χ0n) is 19.2. The maximum absolute atomic E-state index is 13.4. The predicted octanol–water partition coefficient (Wildman–Crippen LogP) is 5.32. The molecule has 2 aromatic heterocycles. The fraction of sp³-hybridized carbons (Fsp3) is 0.280. The topological polar surface area (TPSA) is 81.1 Å². The minimum absolute atomic E-state index is 0.246. The Hall–Kier alpha value is -3.04. The first-order valence-electron chi connectivity index (χ1n) is 11.0. The number of benzene rings is 1. The Balaban J connectivity index is 1.67. The highest BCUT2D eigenvalue weighted by atomic mass is 32.2. The fourth-order valence-electron chi connectivity index (χ4n) is 3.91. The summed E-state index contributed by atoms with van der Waals surface area (Å²) in [7, 11) is -3.30. The van der Waals surface area contributed by atoms with Gasteiger partial charge in [0.2, 0.25) is 0 Å². The lowest BCUT2D eigenvalue weighted by Gasteiger charge is -2.17. The molecule has 0 aliphatic heterocycles. The number of amides is 1. The number of nitrogens with one attached hydrogen (secondary N) is 1. The van der Waals surface area contributed by atoms with E-state index in [1.54, 1.807) is 34.5 Å². The first kappa shape index (κ1) is 24.1. The number of rotatable bonds is 7. The first-order valence-corrected chi connectivity index (χ1v) is 13.8. The molecule has 1 aromatic carbocycles. The van der Waals surface area contributed by atoms with E-state index in [0.717, 1.165) is 34.6 Å². The quantitative estimate of drug-likeness (QED) is 0.477. The summed E-state index contributed by atoms with van der Waals surface area (Å²) in [5, 5.41) is 9.34. The van der Waals surface area contributed by atoms with Crippen molar-refractivity contribution < 1.29 is 17.6 Å². The Labute approximate surface area is 202 Å². The molecule has 3 aromatic rings. The summed E-state index contributed by atoms with van der Waals surface area (Å²) in [6.45, 7) is 4.00. The van der Waals surface area contributed by atoms with Crippen LogP contribution in [0.1, 0.15) is 56.0 Å². The van der Waals surface area contributed by atoms with Crippen LogP contribution in [0.4, 0.5) is 4.39 Å². The van der Waals surface area contributed by atoms with E-state index >= 15 is 0 Å². The van der Waals surface area contributed by atoms with Crippen LogP contribution in [-0.4, -0.2) is 30.4 Å². The minimum atomic E-state index is -3.30. The average Bonchev–Trinajstić information content (AvgIpc) is 3.41. The molecule has 4 rings (SSSR count). The van der Waals surface area contributed by atoms with Gasteiger partial charge in [0.1, 0.15) is 10.0 Å². The summed E-state index contributed by atoms with van der Waals surface area (Å²) in [4.78, 5) is 13.4. The highest BCUT2D eigenvalue weighted by molar-refractivity contribution is 7.92. The number of halogens is 1. The molecular weight excluding hydrogens is 473 g/mol. The lowest BCUT2D eigenvalue weighted by molar-refractivity contribution is -0.116. The number of carbonyl (C=O) groups is 1. The average molecular weight is 500 g/mol. The molecule has 0 bridgehead atoms. The van der Waals surface area contributed by atoms with Gasteiger partial charge in [-0.05, 0) is 66.6 Å². The van der Waals surface area contributed by atoms with E-state index in [-0.39, 0.29) is 22.0 Å². The van der Waals surface area contributed by atoms with E-state index in [9.17, 15) is 17.6 Å². The fourth-order valence-corrected chi connectivity index (χ4v) is 5.80. The number of hydrogen-bond acceptors (Lipinski definition) is 5. The summed E-state index contributed by atoms with van der Waals surface area (Å²) < 4.78 is 39.2. The van der Waals surface area contributed by atoms with E-state index < -0.39 is 9.84 Å². The molecule has 1 aliphatic carbocycles. The van der Waals surface area contributed by atoms with Gasteiger partial charge in [-0.2, -0.15) is 5.10 Å². The smallest absolute Gasteiger partial charge is 0.252 e. The lowest BCUT2D eigenvalue weighted by atomic mass is 10.0. The molecule has 0 fully saturated rings. The van der Waals surface area contributed by atoms with Gasteiger partial charge in [0, 0.05) is 17.4 Å². The summed E-state index contributed by atoms with van der Waals surface area (Å²) >= 11 is 1.16. The molecular formula is C25H26FN3O3S2. The van der Waals surface area contributed by atoms with Gasteiger partial charge in [-0.1, -0.05) is 25.5 Å². The number of aromatic nitrogens is 2. The molecule has 0 saturated heterocycles. The van der Waals surface area contributed by atoms with Crippen LogP contribution in [0, 0.1) is 5.82 Å². The van der Waals surface area contributed by atoms with E-state index in [1.807, 2.05) is 19.1 Å². The predicted molar refractivity (Wildman–Crippen MR) is 133 cm³/mol. The van der Waals surface area contributed by atoms with Gasteiger partial charge in [0.05, 0.1) is 23.6 Å². The molecule has 1 amide bonds. The van der Waals surface area contributed by atoms with Gasteiger partial charge < -0.3 is 5.32 Å². The molecule has 1 atom stereocenters. The number of carbonyl (C=O) groups excluding carboxylic acids is 1. The van der Waals surface area contributed by atoms with Crippen LogP contribution in [-0.2, 0) is 14.6 Å². The second kappa shape index (κ2) is 9.68. The van der Waals surface area contributed by atoms with Crippen LogP contribution >= 0.6 is 11.3 Å². The first-order chi connectivity index (χ1) is 16.2. The Kier molecular flexibility index (Phi) is 6.86. The molecule has 1 aliphatic rings. The summed E-state index contributed by atoms with van der Waals surface area (Å²) in [5.74, 6) is -0.575. The normalized spacial score (nSPS) is 14.6. The second-order valence-corrected chi connectivity index (χ2v) is 11.4. The Morgan fingerprint density at radius 3 is 2.62 bits per heavy atom. The van der Waals surface area contributed by atoms with Crippen molar-refractivity contribution in [3.63, 3.8) is 0 Å². The molecule has 0 spiro atoms. The number of nitrogens with zero attached hydrogens (tertiary/aromatic N) is 2. The van der Waals surface area contributed by atoms with Gasteiger partial charge in [-0.3, -0.25) is 4.79 Å². The number of hydrogen-bond donors (Lipinski definition) is 1. The van der Waals surface area contributed by atoms with Crippen LogP contribution in [0.25, 0.3) is 17.3 Å². The van der Waals surface area contributed by atoms with Crippen LogP contribution in [0.15, 0.2) is 57.8 Å². The van der Waals surface area contributed by atoms with Crippen molar-refractivity contribution >= 4 is 38.7 Å². The molecule has 2 heterocycles. The maximum atomic E-state index is 13.4. The Bertz CT molecular complexity index is 1380. The van der Waals surface area contributed by atoms with Crippen molar-refractivity contribution in [2.45, 2.75) is 43.4 Å². The van der Waals surface area contributed by atoms with E-state index in [0.29, 0.717) is 29.7 Å². The monoisotopic (exact) mass is 499 g/mol. The molecule has 9 heteroatoms. The third-order valence-corrected chi connectivity index (χ3v) is 8.64. The van der Waals surface area contributed by atoms with Gasteiger partial charge in [-0.25, -0.2) is 17.5 Å². The van der Waals surface area contributed by atoms with Crippen molar-refractivity contribution in [2.75, 3.05) is 6.26 Å². The highest BCUT2D eigenvalue weighted by Crippen LogP contribution is 2.32. The number of thiophene rings is 1. The van der Waals surface area contributed by atoms with Crippen LogP contribution in [0.2, 0.25) is 0 Å². The molecule has 0 radical (unpaired) electrons. The second-order valence-electron chi connectivity index (χ2n) is 8.22. The van der Waals surface area contributed by atoms with E-state index in [4.69, 9.17) is 0 Å². The van der Waals surface area contributed by atoms with Crippen LogP contribution in [0.5, 0.6) is 0 Å². The molecule has 1 N–H and O–H groups in total. The summed E-state index contributed by atoms with van der Waals surface area (Å²) in [6.07, 6.45) is 8.85. The van der Waals surface area contributed by atoms with Gasteiger partial charge in [0.25, 0.3) is 5.91 Å². The zero-order valence-corrected chi connectivity index (χ0v) is 20.8. The molecule has 178 valence electrons. The minimum Gasteiger partial charge on any atom is -0.345 e. The molecule has 1 unspecified atom stereocenters. The maximum Gasteiger partial charge on any atom is 0.252 e. The third-order valence-electron chi connectivity index (χ3n) is 5.85. The van der Waals surface area contributed by atoms with Crippen LogP contribution in [0.3, 0.4) is 0 Å². The standard InChI is InChI=1S/C25H26FN3O3S2/c1-4-16-6-11-20(21-14-27-29(23(21)12-16)19-9-7-18(26)8-10-19)25(30)28-22(5-2)17-13-24(33-15-17)34(3,31)32/h7-15,22H,4-6H2,1-3H3,(H,28,30). The van der Waals surface area contributed by atoms with Crippen LogP contribution < -0.4 is 5.32 Å². The zero-order chi connectivity index (χ0) is 24.5. The third kappa shape index (κ3) is 4.90. The Morgan fingerprint density at radius 1 is 1.26 bits per heavy atom. The van der Waals surface area contributed by atoms with E-state index in [2.05, 4.69) is 17.3 Å². The lowest BCUT2D eigenvalue weighted by Crippen LogP contribution is -2.28. The number of fused-ring (bicyclic) bond motifs is 1. The van der Waals surface area contributed by atoms with Crippen molar-refractivity contribution in [1.82, 2.24) is 15.1 Å². The Morgan fingerprint density at radius 2 is 2.00 bits per heavy atom. The van der Waals surface area contributed by atoms with Crippen molar-refractivity contribution in [1.29, 1.82) is 0 Å². The summed E-state index contributed by atoms with van der Waals surface area (Å²) in [6, 6.07) is 7.37.